The van der Waals surface area contributed by atoms with Crippen LogP contribution in [0.5, 0.6) is 0 Å². The zero-order valence-corrected chi connectivity index (χ0v) is 14.2. The van der Waals surface area contributed by atoms with Gasteiger partial charge in [-0.05, 0) is 55.7 Å². The van der Waals surface area contributed by atoms with Crippen molar-refractivity contribution in [2.24, 2.45) is 23.5 Å². The van der Waals surface area contributed by atoms with Crippen LogP contribution < -0.4 is 15.5 Å². The molecule has 2 N–H and O–H groups in total. The number of nitrogens with zero attached hydrogens (tertiary/aromatic N) is 2. The van der Waals surface area contributed by atoms with Crippen molar-refractivity contribution in [3.63, 3.8) is 0 Å². The first kappa shape index (κ1) is 15.9. The summed E-state index contributed by atoms with van der Waals surface area (Å²) in [5.41, 5.74) is 8.01. The lowest BCUT2D eigenvalue weighted by Gasteiger charge is -2.45. The first-order chi connectivity index (χ1) is 11.5. The Balaban J connectivity index is 1.58. The maximum absolute atomic E-state index is 13.6. The summed E-state index contributed by atoms with van der Waals surface area (Å²) in [5.74, 6) is 1.01. The van der Waals surface area contributed by atoms with Gasteiger partial charge in [-0.25, -0.2) is 4.39 Å². The molecule has 1 aromatic rings. The number of amides is 1. The second-order valence-corrected chi connectivity index (χ2v) is 7.74. The Bertz CT molecular complexity index is 635. The summed E-state index contributed by atoms with van der Waals surface area (Å²) in [6, 6.07) is 4.99. The van der Waals surface area contributed by atoms with Crippen LogP contribution in [0.3, 0.4) is 0 Å². The minimum Gasteiger partial charge on any atom is -0.371 e. The Kier molecular flexibility index (Phi) is 3.99. The van der Waals surface area contributed by atoms with Crippen LogP contribution in [0, 0.1) is 23.6 Å². The molecule has 130 valence electrons. The number of likely N-dealkylation sites (N-methyl/N-ethyl adjacent to an activating group) is 1. The number of carbonyl (C=O) groups is 1. The lowest BCUT2D eigenvalue weighted by molar-refractivity contribution is -0.125. The van der Waals surface area contributed by atoms with Crippen LogP contribution in [0.25, 0.3) is 0 Å². The van der Waals surface area contributed by atoms with Gasteiger partial charge in [-0.2, -0.15) is 0 Å². The minimum atomic E-state index is -0.256. The van der Waals surface area contributed by atoms with Crippen LogP contribution in [-0.4, -0.2) is 32.1 Å². The van der Waals surface area contributed by atoms with Crippen molar-refractivity contribution in [3.8, 4) is 0 Å². The third-order valence-electron chi connectivity index (χ3n) is 6.33. The second kappa shape index (κ2) is 6.03. The molecule has 0 saturated heterocycles. The Morgan fingerprint density at radius 3 is 2.58 bits per heavy atom. The van der Waals surface area contributed by atoms with E-state index >= 15 is 0 Å². The lowest BCUT2D eigenvalue weighted by Crippen LogP contribution is -2.51. The molecule has 5 heteroatoms. The number of halogens is 1. The maximum atomic E-state index is 13.6. The number of benzene rings is 1. The molecule has 0 spiro atoms. The van der Waals surface area contributed by atoms with Gasteiger partial charge in [-0.15, -0.1) is 0 Å². The molecule has 2 aliphatic carbocycles. The van der Waals surface area contributed by atoms with Crippen molar-refractivity contribution in [2.75, 3.05) is 29.9 Å². The van der Waals surface area contributed by atoms with Crippen molar-refractivity contribution in [2.45, 2.75) is 38.1 Å². The highest BCUT2D eigenvalue weighted by atomic mass is 19.1. The number of rotatable bonds is 1. The number of hydrogen-bond donors (Lipinski definition) is 1. The minimum absolute atomic E-state index is 0.0707. The second-order valence-electron chi connectivity index (χ2n) is 7.74. The Labute approximate surface area is 142 Å². The van der Waals surface area contributed by atoms with Crippen LogP contribution in [-0.2, 0) is 4.79 Å². The summed E-state index contributed by atoms with van der Waals surface area (Å²) in [6.45, 7) is 1.41. The topological polar surface area (TPSA) is 49.6 Å². The molecule has 2 fully saturated rings. The zero-order valence-electron chi connectivity index (χ0n) is 14.2. The van der Waals surface area contributed by atoms with Gasteiger partial charge in [0, 0.05) is 32.1 Å². The maximum Gasteiger partial charge on any atom is 0.230 e. The van der Waals surface area contributed by atoms with E-state index in [9.17, 15) is 9.18 Å². The van der Waals surface area contributed by atoms with Gasteiger partial charge in [0.2, 0.25) is 5.91 Å². The predicted molar refractivity (Wildman–Crippen MR) is 93.6 cm³/mol. The van der Waals surface area contributed by atoms with Crippen LogP contribution >= 0.6 is 0 Å². The molecule has 2 saturated carbocycles. The van der Waals surface area contributed by atoms with Gasteiger partial charge >= 0.3 is 0 Å². The van der Waals surface area contributed by atoms with E-state index in [2.05, 4.69) is 0 Å². The summed E-state index contributed by atoms with van der Waals surface area (Å²) >= 11 is 0. The molecule has 1 aromatic carbocycles. The smallest absolute Gasteiger partial charge is 0.230 e. The Morgan fingerprint density at radius 1 is 1.17 bits per heavy atom. The summed E-state index contributed by atoms with van der Waals surface area (Å²) < 4.78 is 13.6. The quantitative estimate of drug-likeness (QED) is 0.861. The highest BCUT2D eigenvalue weighted by molar-refractivity contribution is 5.99. The van der Waals surface area contributed by atoms with E-state index in [0.717, 1.165) is 43.6 Å². The van der Waals surface area contributed by atoms with Gasteiger partial charge in [0.25, 0.3) is 0 Å². The Morgan fingerprint density at radius 2 is 1.88 bits per heavy atom. The van der Waals surface area contributed by atoms with Crippen LogP contribution in [0.15, 0.2) is 18.2 Å². The summed E-state index contributed by atoms with van der Waals surface area (Å²) in [7, 11) is 1.95. The number of anilines is 2. The molecule has 0 aromatic heterocycles. The highest BCUT2D eigenvalue weighted by Gasteiger charge is 2.42. The molecule has 24 heavy (non-hydrogen) atoms. The molecule has 1 aliphatic heterocycles. The van der Waals surface area contributed by atoms with Gasteiger partial charge in [0.1, 0.15) is 5.82 Å². The van der Waals surface area contributed by atoms with E-state index in [0.29, 0.717) is 18.4 Å². The number of carbonyl (C=O) groups excluding carboxylic acids is 1. The summed E-state index contributed by atoms with van der Waals surface area (Å²) in [4.78, 5) is 17.1. The molecule has 0 radical (unpaired) electrons. The SMILES string of the molecule is CN1CCN(C(=O)C2CC3CCCC(C2)C3N)c2ccc(F)cc21. The van der Waals surface area contributed by atoms with E-state index in [1.807, 2.05) is 16.8 Å². The highest BCUT2D eigenvalue weighted by Crippen LogP contribution is 2.43. The normalized spacial score (nSPS) is 32.5. The third kappa shape index (κ3) is 2.59. The van der Waals surface area contributed by atoms with E-state index < -0.39 is 0 Å². The van der Waals surface area contributed by atoms with Gasteiger partial charge in [0.05, 0.1) is 11.4 Å². The fourth-order valence-corrected chi connectivity index (χ4v) is 4.96. The molecule has 3 aliphatic rings. The predicted octanol–water partition coefficient (Wildman–Crippen LogP) is 2.76. The molecule has 1 heterocycles. The number of fused-ring (bicyclic) bond motifs is 3. The van der Waals surface area contributed by atoms with Crippen molar-refractivity contribution in [1.29, 1.82) is 0 Å². The lowest BCUT2D eigenvalue weighted by atomic mass is 9.65. The number of hydrogen-bond acceptors (Lipinski definition) is 3. The molecule has 2 bridgehead atoms. The van der Waals surface area contributed by atoms with Crippen LogP contribution in [0.4, 0.5) is 15.8 Å². The van der Waals surface area contributed by atoms with Crippen molar-refractivity contribution < 1.29 is 9.18 Å². The van der Waals surface area contributed by atoms with E-state index in [4.69, 9.17) is 5.73 Å². The van der Waals surface area contributed by atoms with Crippen molar-refractivity contribution in [1.82, 2.24) is 0 Å². The van der Waals surface area contributed by atoms with E-state index in [1.54, 1.807) is 6.07 Å². The van der Waals surface area contributed by atoms with Crippen LogP contribution in [0.1, 0.15) is 32.1 Å². The van der Waals surface area contributed by atoms with Crippen LogP contribution in [0.2, 0.25) is 0 Å². The molecule has 2 atom stereocenters. The van der Waals surface area contributed by atoms with E-state index in [-0.39, 0.29) is 23.7 Å². The van der Waals surface area contributed by atoms with Crippen molar-refractivity contribution >= 4 is 17.3 Å². The molecule has 1 amide bonds. The average molecular weight is 331 g/mol. The van der Waals surface area contributed by atoms with Crippen molar-refractivity contribution in [3.05, 3.63) is 24.0 Å². The standard InChI is InChI=1S/C19H26FN3O/c1-22-7-8-23(16-6-5-15(20)11-17(16)22)19(24)14-9-12-3-2-4-13(10-14)18(12)21/h5-6,11-14,18H,2-4,7-10,21H2,1H3. The fourth-order valence-electron chi connectivity index (χ4n) is 4.96. The average Bonchev–Trinajstić information content (AvgIpc) is 2.55. The molecular weight excluding hydrogens is 305 g/mol. The number of nitrogens with two attached hydrogens (primary N) is 1. The molecule has 4 rings (SSSR count). The van der Waals surface area contributed by atoms with Gasteiger partial charge < -0.3 is 15.5 Å². The molecule has 2 unspecified atom stereocenters. The monoisotopic (exact) mass is 331 g/mol. The fraction of sp³-hybridized carbons (Fsp3) is 0.632. The zero-order chi connectivity index (χ0) is 16.8. The van der Waals surface area contributed by atoms with Gasteiger partial charge in [-0.1, -0.05) is 6.42 Å². The Hall–Kier alpha value is -1.62. The summed E-state index contributed by atoms with van der Waals surface area (Å²) in [5, 5.41) is 0. The van der Waals surface area contributed by atoms with Gasteiger partial charge in [0.15, 0.2) is 0 Å². The molecular formula is C19H26FN3O. The first-order valence-electron chi connectivity index (χ1n) is 9.12. The van der Waals surface area contributed by atoms with Gasteiger partial charge in [-0.3, -0.25) is 4.79 Å². The van der Waals surface area contributed by atoms with E-state index in [1.165, 1.54) is 18.6 Å². The molecule has 4 nitrogen and oxygen atoms in total. The summed E-state index contributed by atoms with van der Waals surface area (Å²) in [6.07, 6.45) is 5.40. The first-order valence-corrected chi connectivity index (χ1v) is 9.12. The largest absolute Gasteiger partial charge is 0.371 e. The third-order valence-corrected chi connectivity index (χ3v) is 6.33.